The zero-order valence-electron chi connectivity index (χ0n) is 14.3. The zero-order chi connectivity index (χ0) is 18.6. The molecule has 0 spiro atoms. The Bertz CT molecular complexity index is 988. The Morgan fingerprint density at radius 2 is 2.11 bits per heavy atom. The highest BCUT2D eigenvalue weighted by Crippen LogP contribution is 2.35. The molecule has 8 heteroatoms. The number of aromatic nitrogens is 2. The maximum absolute atomic E-state index is 12.3. The van der Waals surface area contributed by atoms with Crippen LogP contribution in [0.3, 0.4) is 0 Å². The van der Waals surface area contributed by atoms with Crippen molar-refractivity contribution in [3.63, 3.8) is 0 Å². The van der Waals surface area contributed by atoms with Gasteiger partial charge in [0.05, 0.1) is 17.1 Å². The third kappa shape index (κ3) is 3.95. The molecule has 0 saturated carbocycles. The number of carbonyl (C=O) groups is 2. The Hall–Kier alpha value is -3.26. The van der Waals surface area contributed by atoms with E-state index in [2.05, 4.69) is 20.6 Å². The minimum atomic E-state index is -0.209. The van der Waals surface area contributed by atoms with E-state index in [0.717, 1.165) is 16.3 Å². The molecule has 2 N–H and O–H groups in total. The number of aryl methyl sites for hydroxylation is 1. The summed E-state index contributed by atoms with van der Waals surface area (Å²) in [5.74, 6) is 0.140. The smallest absolute Gasteiger partial charge is 0.262 e. The fraction of sp³-hybridized carbons (Fsp3) is 0.158. The molecular formula is C19H16N4O3S. The molecule has 0 radical (unpaired) electrons. The van der Waals surface area contributed by atoms with Crippen LogP contribution >= 0.6 is 11.3 Å². The van der Waals surface area contributed by atoms with Crippen LogP contribution in [0.15, 0.2) is 48.1 Å². The van der Waals surface area contributed by atoms with Gasteiger partial charge in [-0.15, -0.1) is 11.3 Å². The van der Waals surface area contributed by atoms with Crippen molar-refractivity contribution in [2.45, 2.75) is 12.8 Å². The van der Waals surface area contributed by atoms with Crippen molar-refractivity contribution >= 4 is 34.5 Å². The van der Waals surface area contributed by atoms with Crippen LogP contribution in [0.2, 0.25) is 0 Å². The lowest BCUT2D eigenvalue weighted by molar-refractivity contribution is -0.118. The Kier molecular flexibility index (Phi) is 4.80. The lowest BCUT2D eigenvalue weighted by atomic mass is 10.2. The minimum absolute atomic E-state index is 0.0590. The summed E-state index contributed by atoms with van der Waals surface area (Å²) >= 11 is 1.55. The Morgan fingerprint density at radius 1 is 1.26 bits per heavy atom. The second-order valence-electron chi connectivity index (χ2n) is 5.95. The summed E-state index contributed by atoms with van der Waals surface area (Å²) in [5.41, 5.74) is 3.00. The van der Waals surface area contributed by atoms with E-state index in [4.69, 9.17) is 4.74 Å². The topological polar surface area (TPSA) is 93.2 Å². The molecule has 0 fully saturated rings. The Balaban J connectivity index is 1.38. The lowest BCUT2D eigenvalue weighted by Crippen LogP contribution is -2.26. The molecule has 3 aromatic rings. The van der Waals surface area contributed by atoms with Crippen molar-refractivity contribution in [1.82, 2.24) is 9.97 Å². The van der Waals surface area contributed by atoms with Gasteiger partial charge in [0.15, 0.2) is 12.4 Å². The number of benzene rings is 1. The number of hydrogen-bond acceptors (Lipinski definition) is 6. The summed E-state index contributed by atoms with van der Waals surface area (Å²) < 4.78 is 5.44. The highest BCUT2D eigenvalue weighted by atomic mass is 32.1. The average molecular weight is 380 g/mol. The number of fused-ring (bicyclic) bond motifs is 1. The highest BCUT2D eigenvalue weighted by Gasteiger charge is 2.20. The predicted molar refractivity (Wildman–Crippen MR) is 103 cm³/mol. The molecule has 0 unspecified atom stereocenters. The molecule has 0 saturated heterocycles. The fourth-order valence-corrected chi connectivity index (χ4v) is 3.58. The molecular weight excluding hydrogens is 364 g/mol. The number of carbonyl (C=O) groups excluding carboxylic acids is 2. The summed E-state index contributed by atoms with van der Waals surface area (Å²) in [5, 5.41) is 8.44. The fourth-order valence-electron chi connectivity index (χ4n) is 2.72. The monoisotopic (exact) mass is 380 g/mol. The highest BCUT2D eigenvalue weighted by molar-refractivity contribution is 7.13. The van der Waals surface area contributed by atoms with Crippen molar-refractivity contribution in [3.05, 3.63) is 53.8 Å². The third-order valence-electron chi connectivity index (χ3n) is 4.00. The zero-order valence-corrected chi connectivity index (χ0v) is 15.1. The van der Waals surface area contributed by atoms with Crippen LogP contribution in [0.25, 0.3) is 10.6 Å². The number of rotatable bonds is 5. The van der Waals surface area contributed by atoms with Crippen LogP contribution in [0.1, 0.15) is 12.1 Å². The van der Waals surface area contributed by atoms with E-state index >= 15 is 0 Å². The number of ether oxygens (including phenoxy) is 1. The maximum Gasteiger partial charge on any atom is 0.262 e. The summed E-state index contributed by atoms with van der Waals surface area (Å²) in [6, 6.07) is 9.06. The first-order valence-electron chi connectivity index (χ1n) is 8.39. The molecule has 1 aliphatic heterocycles. The largest absolute Gasteiger partial charge is 0.479 e. The van der Waals surface area contributed by atoms with Crippen molar-refractivity contribution < 1.29 is 14.3 Å². The molecule has 3 heterocycles. The van der Waals surface area contributed by atoms with Gasteiger partial charge in [-0.25, -0.2) is 4.98 Å². The number of thiazole rings is 1. The number of hydrogen-bond donors (Lipinski definition) is 2. The number of amides is 2. The van der Waals surface area contributed by atoms with Crippen LogP contribution in [0, 0.1) is 0 Å². The second-order valence-corrected chi connectivity index (χ2v) is 6.81. The third-order valence-corrected chi connectivity index (χ3v) is 4.94. The molecule has 4 rings (SSSR count). The minimum Gasteiger partial charge on any atom is -0.479 e. The van der Waals surface area contributed by atoms with Crippen molar-refractivity contribution in [1.29, 1.82) is 0 Å². The molecule has 7 nitrogen and oxygen atoms in total. The van der Waals surface area contributed by atoms with Crippen molar-refractivity contribution in [2.75, 3.05) is 17.2 Å². The first-order chi connectivity index (χ1) is 13.2. The van der Waals surface area contributed by atoms with Gasteiger partial charge in [0, 0.05) is 29.8 Å². The van der Waals surface area contributed by atoms with Gasteiger partial charge in [0.1, 0.15) is 5.01 Å². The number of nitrogens with one attached hydrogen (secondary N) is 2. The van der Waals surface area contributed by atoms with Crippen LogP contribution < -0.4 is 15.4 Å². The quantitative estimate of drug-likeness (QED) is 0.709. The Morgan fingerprint density at radius 3 is 2.96 bits per heavy atom. The van der Waals surface area contributed by atoms with Crippen LogP contribution in [0.4, 0.5) is 11.4 Å². The summed E-state index contributed by atoms with van der Waals surface area (Å²) in [4.78, 5) is 32.3. The van der Waals surface area contributed by atoms with Gasteiger partial charge in [0.2, 0.25) is 5.91 Å². The van der Waals surface area contributed by atoms with Crippen LogP contribution in [-0.4, -0.2) is 28.4 Å². The number of anilines is 2. The molecule has 27 heavy (non-hydrogen) atoms. The van der Waals surface area contributed by atoms with Crippen molar-refractivity contribution in [2.24, 2.45) is 0 Å². The molecule has 0 aliphatic carbocycles. The molecule has 136 valence electrons. The van der Waals surface area contributed by atoms with E-state index in [1.807, 2.05) is 17.5 Å². The molecule has 1 aliphatic rings. The Labute approximate surface area is 159 Å². The first kappa shape index (κ1) is 17.2. The SMILES string of the molecule is O=C(CCc1csc(-c2ccncc2)n1)Nc1cccc2c1OCC(=O)N2. The van der Waals surface area contributed by atoms with Crippen LogP contribution in [0.5, 0.6) is 5.75 Å². The number of pyridine rings is 1. The van der Waals surface area contributed by atoms with E-state index in [9.17, 15) is 9.59 Å². The number of nitrogens with zero attached hydrogens (tertiary/aromatic N) is 2. The predicted octanol–water partition coefficient (Wildman–Crippen LogP) is 3.11. The molecule has 2 aromatic heterocycles. The van der Waals surface area contributed by atoms with Crippen molar-refractivity contribution in [3.8, 4) is 16.3 Å². The summed E-state index contributed by atoms with van der Waals surface area (Å²) in [6.45, 7) is -0.0590. The van der Waals surface area contributed by atoms with E-state index in [0.29, 0.717) is 30.0 Å². The van der Waals surface area contributed by atoms with E-state index in [-0.39, 0.29) is 18.4 Å². The lowest BCUT2D eigenvalue weighted by Gasteiger charge is -2.20. The molecule has 1 aromatic carbocycles. The summed E-state index contributed by atoms with van der Waals surface area (Å²) in [7, 11) is 0. The van der Waals surface area contributed by atoms with Gasteiger partial charge in [-0.05, 0) is 30.7 Å². The van der Waals surface area contributed by atoms with E-state index < -0.39 is 0 Å². The average Bonchev–Trinajstić information content (AvgIpc) is 3.16. The van der Waals surface area contributed by atoms with Crippen LogP contribution in [-0.2, 0) is 16.0 Å². The first-order valence-corrected chi connectivity index (χ1v) is 9.27. The standard InChI is InChI=1S/C19H16N4O3S/c24-16(22-14-2-1-3-15-18(14)26-10-17(25)23-15)5-4-13-11-27-19(21-13)12-6-8-20-9-7-12/h1-3,6-9,11H,4-5,10H2,(H,22,24)(H,23,25). The van der Waals surface area contributed by atoms with Gasteiger partial charge < -0.3 is 15.4 Å². The van der Waals surface area contributed by atoms with Gasteiger partial charge in [-0.2, -0.15) is 0 Å². The second kappa shape index (κ2) is 7.55. The van der Waals surface area contributed by atoms with Gasteiger partial charge in [-0.3, -0.25) is 14.6 Å². The summed E-state index contributed by atoms with van der Waals surface area (Å²) in [6.07, 6.45) is 4.30. The van der Waals surface area contributed by atoms with E-state index in [1.165, 1.54) is 0 Å². The number of para-hydroxylation sites is 1. The van der Waals surface area contributed by atoms with Gasteiger partial charge >= 0.3 is 0 Å². The van der Waals surface area contributed by atoms with Gasteiger partial charge in [-0.1, -0.05) is 6.07 Å². The normalized spacial score (nSPS) is 12.7. The van der Waals surface area contributed by atoms with Gasteiger partial charge in [0.25, 0.3) is 5.91 Å². The molecule has 0 atom stereocenters. The van der Waals surface area contributed by atoms with E-state index in [1.54, 1.807) is 41.9 Å². The maximum atomic E-state index is 12.3. The molecule has 2 amide bonds. The molecule has 0 bridgehead atoms.